The Morgan fingerprint density at radius 3 is 2.18 bits per heavy atom. The second kappa shape index (κ2) is 15.3. The molecule has 2 saturated heterocycles. The summed E-state index contributed by atoms with van der Waals surface area (Å²) in [4.78, 5) is 39.8. The molecule has 2 aromatic carbocycles. The van der Waals surface area contributed by atoms with E-state index in [4.69, 9.17) is 25.7 Å². The fourth-order valence-electron chi connectivity index (χ4n) is 6.24. The first-order valence-electron chi connectivity index (χ1n) is 15.8. The van der Waals surface area contributed by atoms with Gasteiger partial charge in [0.05, 0.1) is 34.9 Å². The lowest BCUT2D eigenvalue weighted by Crippen LogP contribution is -2.65. The van der Waals surface area contributed by atoms with E-state index in [0.717, 1.165) is 0 Å². The van der Waals surface area contributed by atoms with Gasteiger partial charge < -0.3 is 31.0 Å². The predicted octanol–water partition coefficient (Wildman–Crippen LogP) is 5.54. The normalized spacial score (nSPS) is 22.5. The monoisotopic (exact) mass is 702 g/mol. The number of rotatable bonds is 12. The number of unbranched alkanes of at least 4 members (excludes halogenated alkanes) is 1. The largest absolute Gasteiger partial charge is 0.427 e. The van der Waals surface area contributed by atoms with Crippen molar-refractivity contribution >= 4 is 18.0 Å². The third-order valence-corrected chi connectivity index (χ3v) is 9.07. The van der Waals surface area contributed by atoms with Gasteiger partial charge in [-0.1, -0.05) is 36.8 Å². The number of nitrogens with zero attached hydrogens (tertiary/aromatic N) is 1. The average Bonchev–Trinajstić information content (AvgIpc) is 3.42. The van der Waals surface area contributed by atoms with Crippen LogP contribution in [0, 0.1) is 0 Å². The van der Waals surface area contributed by atoms with Crippen molar-refractivity contribution < 1.29 is 54.9 Å². The molecule has 2 amide bonds. The highest BCUT2D eigenvalue weighted by Crippen LogP contribution is 2.45. The van der Waals surface area contributed by atoms with Crippen LogP contribution >= 0.6 is 0 Å². The Balaban J connectivity index is 1.63. The molecule has 2 fully saturated rings. The molecule has 5 N–H and O–H groups in total. The van der Waals surface area contributed by atoms with E-state index in [1.54, 1.807) is 30.3 Å². The van der Waals surface area contributed by atoms with Crippen LogP contribution in [0.3, 0.4) is 0 Å². The van der Waals surface area contributed by atoms with Crippen molar-refractivity contribution in [3.8, 4) is 0 Å². The maximum Gasteiger partial charge on any atom is 0.416 e. The third kappa shape index (κ3) is 9.22. The highest BCUT2D eigenvalue weighted by atomic mass is 19.4. The molecule has 2 heterocycles. The number of benzene rings is 2. The molecular formula is C33H40F6N4O6. The van der Waals surface area contributed by atoms with Crippen LogP contribution < -0.4 is 16.8 Å². The van der Waals surface area contributed by atoms with E-state index in [0.29, 0.717) is 56.3 Å². The summed E-state index contributed by atoms with van der Waals surface area (Å²) >= 11 is 0. The number of amides is 2. The summed E-state index contributed by atoms with van der Waals surface area (Å²) in [5, 5.41) is 2.94. The first-order valence-corrected chi connectivity index (χ1v) is 15.8. The number of nitrogens with one attached hydrogen (secondary N) is 1. The second-order valence-corrected chi connectivity index (χ2v) is 12.5. The fraction of sp³-hybridized carbons (Fsp3) is 0.545. The number of nitrogens with two attached hydrogens (primary N) is 2. The first-order chi connectivity index (χ1) is 23.0. The van der Waals surface area contributed by atoms with Gasteiger partial charge in [-0.3, -0.25) is 14.5 Å². The van der Waals surface area contributed by atoms with Crippen LogP contribution in [0.5, 0.6) is 0 Å². The van der Waals surface area contributed by atoms with Crippen LogP contribution in [-0.2, 0) is 41.7 Å². The summed E-state index contributed by atoms with van der Waals surface area (Å²) in [5.41, 5.74) is 6.34. The molecule has 1 spiro atoms. The van der Waals surface area contributed by atoms with Crippen LogP contribution in [0.25, 0.3) is 0 Å². The van der Waals surface area contributed by atoms with Gasteiger partial charge in [0.1, 0.15) is 6.04 Å². The van der Waals surface area contributed by atoms with Gasteiger partial charge >= 0.3 is 24.4 Å². The predicted molar refractivity (Wildman–Crippen MR) is 163 cm³/mol. The molecule has 49 heavy (non-hydrogen) atoms. The number of halogens is 6. The molecule has 2 aliphatic rings. The number of hydrogen-bond donors (Lipinski definition) is 3. The Labute approximate surface area is 279 Å². The molecule has 2 aromatic rings. The summed E-state index contributed by atoms with van der Waals surface area (Å²) in [6, 6.07) is 8.78. The number of carbonyl (C=O) groups is 3. The van der Waals surface area contributed by atoms with Gasteiger partial charge in [0.2, 0.25) is 12.7 Å². The van der Waals surface area contributed by atoms with Gasteiger partial charge in [0.25, 0.3) is 0 Å². The third-order valence-electron chi connectivity index (χ3n) is 9.07. The molecule has 0 saturated carbocycles. The Kier molecular flexibility index (Phi) is 11.9. The van der Waals surface area contributed by atoms with E-state index < -0.39 is 65.6 Å². The molecule has 270 valence electrons. The minimum atomic E-state index is -5.05. The molecule has 2 aliphatic heterocycles. The molecule has 0 bridgehead atoms. The number of piperidine rings is 1. The zero-order chi connectivity index (χ0) is 36.0. The number of ether oxygens (including phenoxy) is 3. The molecule has 0 unspecified atom stereocenters. The van der Waals surface area contributed by atoms with E-state index in [-0.39, 0.29) is 43.5 Å². The van der Waals surface area contributed by atoms with Crippen LogP contribution in [0.15, 0.2) is 48.5 Å². The summed E-state index contributed by atoms with van der Waals surface area (Å²) in [5.74, 6) is -1.01. The van der Waals surface area contributed by atoms with Crippen LogP contribution in [-0.4, -0.2) is 60.9 Å². The Morgan fingerprint density at radius 1 is 0.959 bits per heavy atom. The lowest BCUT2D eigenvalue weighted by atomic mass is 9.74. The number of esters is 1. The zero-order valence-corrected chi connectivity index (χ0v) is 26.9. The lowest BCUT2D eigenvalue weighted by Gasteiger charge is -2.52. The molecule has 0 radical (unpaired) electrons. The molecule has 10 nitrogen and oxygen atoms in total. The fourth-order valence-corrected chi connectivity index (χ4v) is 6.24. The standard InChI is InChI=1S/C33H40F6N4O6/c1-21(22-15-24(32(34,35)36)17-25(16-22)33(37,38)39)47-19-31(23-7-3-2-4-8-23)13-12-30(11-10-27(44)42-30)18-43(31)29(46)49-20-48-28(45)26(41)9-5-6-14-40/h2-4,7-8,15-17,21,26H,5-6,9-14,18-20,40-41H2,1H3,(H,42,44)/t21-,26+,30-,31-/m1/s1. The number of hydrogen-bond acceptors (Lipinski definition) is 8. The highest BCUT2D eigenvalue weighted by molar-refractivity contribution is 5.80. The zero-order valence-electron chi connectivity index (χ0n) is 26.9. The van der Waals surface area contributed by atoms with Crippen molar-refractivity contribution in [3.05, 3.63) is 70.8 Å². The van der Waals surface area contributed by atoms with Gasteiger partial charge in [0.15, 0.2) is 0 Å². The average molecular weight is 703 g/mol. The van der Waals surface area contributed by atoms with Crippen molar-refractivity contribution in [1.82, 2.24) is 10.2 Å². The maximum absolute atomic E-state index is 13.8. The summed E-state index contributed by atoms with van der Waals surface area (Å²) in [6.45, 7) is 0.510. The minimum absolute atomic E-state index is 0.0374. The summed E-state index contributed by atoms with van der Waals surface area (Å²) < 4.78 is 98.1. The molecule has 0 aliphatic carbocycles. The molecule has 4 rings (SSSR count). The Hall–Kier alpha value is -3.89. The van der Waals surface area contributed by atoms with Gasteiger partial charge in [-0.25, -0.2) is 4.79 Å². The summed E-state index contributed by atoms with van der Waals surface area (Å²) in [6.07, 6.45) is -9.65. The highest BCUT2D eigenvalue weighted by Gasteiger charge is 2.54. The van der Waals surface area contributed by atoms with E-state index in [2.05, 4.69) is 5.32 Å². The van der Waals surface area contributed by atoms with Crippen LogP contribution in [0.4, 0.5) is 31.1 Å². The molecule has 16 heteroatoms. The topological polar surface area (TPSA) is 146 Å². The Bertz CT molecular complexity index is 1440. The van der Waals surface area contributed by atoms with E-state index in [1.807, 2.05) is 0 Å². The molecule has 0 aromatic heterocycles. The van der Waals surface area contributed by atoms with Crippen molar-refractivity contribution in [3.63, 3.8) is 0 Å². The quantitative estimate of drug-likeness (QED) is 0.113. The molecular weight excluding hydrogens is 662 g/mol. The number of alkyl halides is 6. The Morgan fingerprint density at radius 2 is 1.61 bits per heavy atom. The maximum atomic E-state index is 13.8. The van der Waals surface area contributed by atoms with E-state index >= 15 is 0 Å². The van der Waals surface area contributed by atoms with Crippen molar-refractivity contribution in [2.24, 2.45) is 11.5 Å². The number of carbonyl (C=O) groups excluding carboxylic acids is 3. The SMILES string of the molecule is C[C@@H](OC[C@@]1(c2ccccc2)CC[C@]2(CCC(=O)N2)CN1C(=O)OCOC(=O)[C@@H](N)CCCCN)c1cc(C(F)(F)F)cc(C(F)(F)F)c1. The van der Waals surface area contributed by atoms with Crippen LogP contribution in [0.2, 0.25) is 0 Å². The minimum Gasteiger partial charge on any atom is -0.427 e. The van der Waals surface area contributed by atoms with E-state index in [1.165, 1.54) is 11.8 Å². The first kappa shape index (κ1) is 37.9. The lowest BCUT2D eigenvalue weighted by molar-refractivity contribution is -0.156. The van der Waals surface area contributed by atoms with Gasteiger partial charge in [-0.05, 0) is 74.9 Å². The number of likely N-dealkylation sites (tertiary alicyclic amines) is 1. The van der Waals surface area contributed by atoms with Crippen molar-refractivity contribution in [1.29, 1.82) is 0 Å². The van der Waals surface area contributed by atoms with Gasteiger partial charge in [0, 0.05) is 13.0 Å². The van der Waals surface area contributed by atoms with Gasteiger partial charge in [-0.15, -0.1) is 0 Å². The summed E-state index contributed by atoms with van der Waals surface area (Å²) in [7, 11) is 0. The smallest absolute Gasteiger partial charge is 0.416 e. The van der Waals surface area contributed by atoms with Crippen LogP contribution in [0.1, 0.15) is 80.2 Å². The van der Waals surface area contributed by atoms with Crippen molar-refractivity contribution in [2.75, 3.05) is 26.5 Å². The van der Waals surface area contributed by atoms with Crippen molar-refractivity contribution in [2.45, 2.75) is 87.4 Å². The second-order valence-electron chi connectivity index (χ2n) is 12.5. The van der Waals surface area contributed by atoms with Gasteiger partial charge in [-0.2, -0.15) is 26.3 Å². The van der Waals surface area contributed by atoms with E-state index in [9.17, 15) is 40.7 Å². The molecule has 4 atom stereocenters.